The van der Waals surface area contributed by atoms with Crippen LogP contribution >= 0.6 is 11.6 Å². The van der Waals surface area contributed by atoms with Gasteiger partial charge in [0, 0.05) is 20.3 Å². The lowest BCUT2D eigenvalue weighted by atomic mass is 10.2. The number of alkyl halides is 3. The maximum Gasteiger partial charge on any atom is 0.417 e. The van der Waals surface area contributed by atoms with Crippen LogP contribution in [0, 0.1) is 0 Å². The van der Waals surface area contributed by atoms with Crippen LogP contribution in [-0.2, 0) is 12.6 Å². The summed E-state index contributed by atoms with van der Waals surface area (Å²) in [6.07, 6.45) is -3.29. The minimum Gasteiger partial charge on any atom is -0.343 e. The number of hydrogen-bond donors (Lipinski definition) is 0. The molecule has 0 bridgehead atoms. The molecule has 2 heterocycles. The lowest BCUT2D eigenvalue weighted by molar-refractivity contribution is -0.137. The average Bonchev–Trinajstić information content (AvgIpc) is 2.75. The highest BCUT2D eigenvalue weighted by Crippen LogP contribution is 2.33. The molecular weight excluding hydrogens is 307 g/mol. The number of hydrogen-bond acceptors (Lipinski definition) is 2. The Morgan fingerprint density at radius 1 is 1.43 bits per heavy atom. The molecule has 2 aromatic heterocycles. The number of pyridine rings is 1. The number of amides is 1. The lowest BCUT2D eigenvalue weighted by Gasteiger charge is -2.13. The van der Waals surface area contributed by atoms with Gasteiger partial charge in [0.1, 0.15) is 5.69 Å². The van der Waals surface area contributed by atoms with E-state index >= 15 is 0 Å². The van der Waals surface area contributed by atoms with Crippen molar-refractivity contribution in [2.45, 2.75) is 19.5 Å². The first kappa shape index (κ1) is 15.6. The van der Waals surface area contributed by atoms with Gasteiger partial charge in [-0.3, -0.25) is 9.20 Å². The normalized spacial score (nSPS) is 12.0. The molecule has 0 spiro atoms. The summed E-state index contributed by atoms with van der Waals surface area (Å²) in [5.41, 5.74) is -0.264. The molecule has 0 atom stereocenters. The summed E-state index contributed by atoms with van der Waals surface area (Å²) in [6.45, 7) is 1.77. The second-order valence-corrected chi connectivity index (χ2v) is 5.14. The summed E-state index contributed by atoms with van der Waals surface area (Å²) in [4.78, 5) is 17.7. The monoisotopic (exact) mass is 319 g/mol. The van der Waals surface area contributed by atoms with Crippen LogP contribution in [0.15, 0.2) is 12.3 Å². The molecule has 4 nitrogen and oxygen atoms in total. The number of aromatic nitrogens is 2. The zero-order valence-corrected chi connectivity index (χ0v) is 12.4. The topological polar surface area (TPSA) is 37.6 Å². The van der Waals surface area contributed by atoms with E-state index < -0.39 is 17.6 Å². The molecule has 21 heavy (non-hydrogen) atoms. The van der Waals surface area contributed by atoms with Gasteiger partial charge < -0.3 is 4.90 Å². The van der Waals surface area contributed by atoms with E-state index in [-0.39, 0.29) is 16.4 Å². The maximum absolute atomic E-state index is 12.9. The summed E-state index contributed by atoms with van der Waals surface area (Å²) in [5.74, 6) is -0.422. The molecule has 8 heteroatoms. The van der Waals surface area contributed by atoms with Crippen LogP contribution in [-0.4, -0.2) is 34.3 Å². The van der Waals surface area contributed by atoms with Crippen molar-refractivity contribution in [2.24, 2.45) is 0 Å². The Hall–Kier alpha value is -1.76. The van der Waals surface area contributed by atoms with Crippen LogP contribution in [0.2, 0.25) is 5.02 Å². The first-order valence-electron chi connectivity index (χ1n) is 6.16. The third kappa shape index (κ3) is 2.70. The van der Waals surface area contributed by atoms with E-state index in [1.807, 2.05) is 0 Å². The number of aryl methyl sites for hydroxylation is 1. The molecule has 0 N–H and O–H groups in total. The summed E-state index contributed by atoms with van der Waals surface area (Å²) in [6, 6.07) is 0.813. The Balaban J connectivity index is 2.82. The SMILES string of the molecule is CCc1nc2c(Cl)cc(C(F)(F)F)cn2c1C(=O)N(C)C. The lowest BCUT2D eigenvalue weighted by Crippen LogP contribution is -2.24. The van der Waals surface area contributed by atoms with Gasteiger partial charge in [0.15, 0.2) is 5.65 Å². The van der Waals surface area contributed by atoms with Gasteiger partial charge in [-0.25, -0.2) is 4.98 Å². The molecule has 0 saturated carbocycles. The molecule has 0 unspecified atom stereocenters. The molecule has 0 aliphatic carbocycles. The van der Waals surface area contributed by atoms with Gasteiger partial charge in [0.05, 0.1) is 16.3 Å². The predicted molar refractivity (Wildman–Crippen MR) is 72.6 cm³/mol. The number of carbonyl (C=O) groups is 1. The third-order valence-corrected chi connectivity index (χ3v) is 3.30. The Kier molecular flexibility index (Phi) is 3.88. The largest absolute Gasteiger partial charge is 0.417 e. The van der Waals surface area contributed by atoms with Gasteiger partial charge in [0.25, 0.3) is 5.91 Å². The first-order valence-corrected chi connectivity index (χ1v) is 6.54. The van der Waals surface area contributed by atoms with Crippen LogP contribution in [0.4, 0.5) is 13.2 Å². The standard InChI is InChI=1S/C13H13ClF3N3O/c1-4-9-10(12(21)19(2)3)20-6-7(13(15,16)17)5-8(14)11(20)18-9/h5-6H,4H2,1-3H3. The smallest absolute Gasteiger partial charge is 0.343 e. The number of halogens is 4. The fourth-order valence-corrected chi connectivity index (χ4v) is 2.24. The van der Waals surface area contributed by atoms with E-state index in [1.165, 1.54) is 19.0 Å². The highest BCUT2D eigenvalue weighted by atomic mass is 35.5. The quantitative estimate of drug-likeness (QED) is 0.852. The molecule has 2 rings (SSSR count). The van der Waals surface area contributed by atoms with Crippen LogP contribution < -0.4 is 0 Å². The molecule has 0 radical (unpaired) electrons. The second kappa shape index (κ2) is 5.22. The highest BCUT2D eigenvalue weighted by molar-refractivity contribution is 6.33. The van der Waals surface area contributed by atoms with E-state index in [4.69, 9.17) is 11.6 Å². The molecular formula is C13H13ClF3N3O. The number of carbonyl (C=O) groups excluding carboxylic acids is 1. The van der Waals surface area contributed by atoms with Crippen molar-refractivity contribution in [3.63, 3.8) is 0 Å². The molecule has 1 amide bonds. The van der Waals surface area contributed by atoms with Gasteiger partial charge in [-0.15, -0.1) is 0 Å². The molecule has 2 aromatic rings. The Labute approximate surface area is 124 Å². The Morgan fingerprint density at radius 3 is 2.52 bits per heavy atom. The van der Waals surface area contributed by atoms with Crippen molar-refractivity contribution in [3.05, 3.63) is 34.2 Å². The molecule has 0 saturated heterocycles. The first-order chi connectivity index (χ1) is 9.66. The third-order valence-electron chi connectivity index (χ3n) is 3.02. The van der Waals surface area contributed by atoms with Gasteiger partial charge >= 0.3 is 6.18 Å². The van der Waals surface area contributed by atoms with Crippen molar-refractivity contribution in [2.75, 3.05) is 14.1 Å². The zero-order chi connectivity index (χ0) is 15.9. The fourth-order valence-electron chi connectivity index (χ4n) is 1.99. The summed E-state index contributed by atoms with van der Waals surface area (Å²) >= 11 is 5.89. The van der Waals surface area contributed by atoms with Crippen LogP contribution in [0.25, 0.3) is 5.65 Å². The Morgan fingerprint density at radius 2 is 2.05 bits per heavy atom. The Bertz CT molecular complexity index is 707. The summed E-state index contributed by atoms with van der Waals surface area (Å²) < 4.78 is 39.8. The van der Waals surface area contributed by atoms with E-state index in [0.717, 1.165) is 16.7 Å². The molecule has 114 valence electrons. The van der Waals surface area contributed by atoms with Gasteiger partial charge in [-0.2, -0.15) is 13.2 Å². The molecule has 0 fully saturated rings. The van der Waals surface area contributed by atoms with Crippen molar-refractivity contribution in [3.8, 4) is 0 Å². The summed E-state index contributed by atoms with van der Waals surface area (Å²) in [7, 11) is 3.05. The fraction of sp³-hybridized carbons (Fsp3) is 0.385. The molecule has 0 aromatic carbocycles. The van der Waals surface area contributed by atoms with Crippen molar-refractivity contribution in [1.82, 2.24) is 14.3 Å². The van der Waals surface area contributed by atoms with Crippen LogP contribution in [0.5, 0.6) is 0 Å². The van der Waals surface area contributed by atoms with Gasteiger partial charge in [0.2, 0.25) is 0 Å². The highest BCUT2D eigenvalue weighted by Gasteiger charge is 2.33. The zero-order valence-electron chi connectivity index (χ0n) is 11.6. The predicted octanol–water partition coefficient (Wildman–Crippen LogP) is 3.27. The maximum atomic E-state index is 12.9. The van der Waals surface area contributed by atoms with Crippen molar-refractivity contribution >= 4 is 23.2 Å². The van der Waals surface area contributed by atoms with Gasteiger partial charge in [-0.1, -0.05) is 18.5 Å². The number of nitrogens with zero attached hydrogens (tertiary/aromatic N) is 3. The van der Waals surface area contributed by atoms with Gasteiger partial charge in [-0.05, 0) is 12.5 Å². The van der Waals surface area contributed by atoms with E-state index in [0.29, 0.717) is 12.1 Å². The van der Waals surface area contributed by atoms with E-state index in [9.17, 15) is 18.0 Å². The number of fused-ring (bicyclic) bond motifs is 1. The number of imidazole rings is 1. The second-order valence-electron chi connectivity index (χ2n) is 4.73. The average molecular weight is 320 g/mol. The van der Waals surface area contributed by atoms with Crippen molar-refractivity contribution < 1.29 is 18.0 Å². The van der Waals surface area contributed by atoms with Crippen LogP contribution in [0.3, 0.4) is 0 Å². The molecule has 0 aliphatic rings. The minimum atomic E-state index is -4.55. The van der Waals surface area contributed by atoms with E-state index in [2.05, 4.69) is 4.98 Å². The minimum absolute atomic E-state index is 0.102. The molecule has 0 aliphatic heterocycles. The van der Waals surface area contributed by atoms with Crippen molar-refractivity contribution in [1.29, 1.82) is 0 Å². The summed E-state index contributed by atoms with van der Waals surface area (Å²) in [5, 5.41) is -0.141. The van der Waals surface area contributed by atoms with E-state index in [1.54, 1.807) is 6.92 Å². The number of rotatable bonds is 2. The van der Waals surface area contributed by atoms with Crippen LogP contribution in [0.1, 0.15) is 28.7 Å².